The maximum Gasteiger partial charge on any atom is 0.129 e. The van der Waals surface area contributed by atoms with Crippen molar-refractivity contribution in [1.29, 1.82) is 0 Å². The molecule has 0 N–H and O–H groups in total. The van der Waals surface area contributed by atoms with Gasteiger partial charge in [-0.15, -0.1) is 0 Å². The quantitative estimate of drug-likeness (QED) is 0.650. The van der Waals surface area contributed by atoms with Crippen LogP contribution in [0.5, 0.6) is 5.75 Å². The molecule has 21 heavy (non-hydrogen) atoms. The molecular weight excluding hydrogens is 338 g/mol. The van der Waals surface area contributed by atoms with E-state index in [1.165, 1.54) is 18.2 Å². The Morgan fingerprint density at radius 3 is 2.29 bits per heavy atom. The molecule has 0 aliphatic heterocycles. The number of hydrogen-bond donors (Lipinski definition) is 0. The monoisotopic (exact) mass is 354 g/mol. The van der Waals surface area contributed by atoms with Crippen LogP contribution < -0.4 is 4.74 Å². The molecule has 0 saturated carbocycles. The summed E-state index contributed by atoms with van der Waals surface area (Å²) in [5.41, 5.74) is 1.02. The van der Waals surface area contributed by atoms with Gasteiger partial charge >= 0.3 is 0 Å². The lowest BCUT2D eigenvalue weighted by molar-refractivity contribution is 0.242. The van der Waals surface area contributed by atoms with E-state index in [1.54, 1.807) is 0 Å². The van der Waals surface area contributed by atoms with Crippen LogP contribution in [-0.2, 0) is 6.42 Å². The largest absolute Gasteiger partial charge is 0.491 e. The average Bonchev–Trinajstić information content (AvgIpc) is 2.42. The summed E-state index contributed by atoms with van der Waals surface area (Å²) in [5.74, 6) is -0.288. The van der Waals surface area contributed by atoms with Crippen molar-refractivity contribution < 1.29 is 13.5 Å². The summed E-state index contributed by atoms with van der Waals surface area (Å²) in [7, 11) is 0. The van der Waals surface area contributed by atoms with Crippen LogP contribution in [0.3, 0.4) is 0 Å². The first-order chi connectivity index (χ1) is 9.97. The van der Waals surface area contributed by atoms with E-state index in [4.69, 9.17) is 4.74 Å². The van der Waals surface area contributed by atoms with Gasteiger partial charge in [0.05, 0.1) is 6.10 Å². The first-order valence-electron chi connectivity index (χ1n) is 6.81. The smallest absolute Gasteiger partial charge is 0.129 e. The van der Waals surface area contributed by atoms with Crippen LogP contribution in [0, 0.1) is 11.6 Å². The average molecular weight is 355 g/mol. The molecule has 2 rings (SSSR count). The molecule has 0 heterocycles. The van der Waals surface area contributed by atoms with Crippen molar-refractivity contribution in [2.45, 2.75) is 31.2 Å². The molecular formula is C17H17BrF2O. The minimum absolute atomic E-state index is 0.0815. The predicted molar refractivity (Wildman–Crippen MR) is 83.9 cm³/mol. The van der Waals surface area contributed by atoms with Gasteiger partial charge in [0.25, 0.3) is 0 Å². The first kappa shape index (κ1) is 16.0. The van der Waals surface area contributed by atoms with Gasteiger partial charge in [0.15, 0.2) is 0 Å². The maximum atomic E-state index is 13.7. The maximum absolute atomic E-state index is 13.7. The zero-order valence-corrected chi connectivity index (χ0v) is 13.5. The molecule has 1 nitrogen and oxygen atoms in total. The third-order valence-corrected chi connectivity index (χ3v) is 3.89. The van der Waals surface area contributed by atoms with Crippen LogP contribution in [0.2, 0.25) is 0 Å². The Hall–Kier alpha value is -1.42. The van der Waals surface area contributed by atoms with Crippen molar-refractivity contribution in [2.24, 2.45) is 0 Å². The van der Waals surface area contributed by atoms with Crippen molar-refractivity contribution in [3.05, 3.63) is 65.2 Å². The standard InChI is InChI=1S/C17H17BrF2O/c1-11(2)21-13-6-3-5-12(9-13)15(18)10-14-16(19)7-4-8-17(14)20/h3-9,11,15H,10H2,1-2H3. The number of alkyl halides is 1. The number of ether oxygens (including phenoxy) is 1. The lowest BCUT2D eigenvalue weighted by Crippen LogP contribution is -2.06. The van der Waals surface area contributed by atoms with Gasteiger partial charge < -0.3 is 4.74 Å². The third kappa shape index (κ3) is 4.27. The lowest BCUT2D eigenvalue weighted by atomic mass is 10.0. The van der Waals surface area contributed by atoms with Gasteiger partial charge in [-0.25, -0.2) is 8.78 Å². The highest BCUT2D eigenvalue weighted by Gasteiger charge is 2.15. The van der Waals surface area contributed by atoms with E-state index in [9.17, 15) is 8.78 Å². The van der Waals surface area contributed by atoms with Gasteiger partial charge in [0.2, 0.25) is 0 Å². The fourth-order valence-electron chi connectivity index (χ4n) is 2.08. The Bertz CT molecular complexity index is 593. The van der Waals surface area contributed by atoms with E-state index in [2.05, 4.69) is 15.9 Å². The zero-order chi connectivity index (χ0) is 15.4. The molecule has 0 radical (unpaired) electrons. The fourth-order valence-corrected chi connectivity index (χ4v) is 2.69. The van der Waals surface area contributed by atoms with Crippen molar-refractivity contribution in [3.63, 3.8) is 0 Å². The first-order valence-corrected chi connectivity index (χ1v) is 7.72. The van der Waals surface area contributed by atoms with Crippen LogP contribution in [0.1, 0.15) is 29.8 Å². The van der Waals surface area contributed by atoms with Crippen molar-refractivity contribution >= 4 is 15.9 Å². The fraction of sp³-hybridized carbons (Fsp3) is 0.294. The van der Waals surface area contributed by atoms with Gasteiger partial charge in [0, 0.05) is 10.4 Å². The highest BCUT2D eigenvalue weighted by Crippen LogP contribution is 2.31. The topological polar surface area (TPSA) is 9.23 Å². The van der Waals surface area contributed by atoms with Crippen LogP contribution in [0.15, 0.2) is 42.5 Å². The summed E-state index contributed by atoms with van der Waals surface area (Å²) < 4.78 is 33.0. The molecule has 112 valence electrons. The predicted octanol–water partition coefficient (Wildman–Crippen LogP) is 5.43. The van der Waals surface area contributed by atoms with Gasteiger partial charge in [-0.05, 0) is 50.1 Å². The van der Waals surface area contributed by atoms with Crippen LogP contribution in [-0.4, -0.2) is 6.10 Å². The van der Waals surface area contributed by atoms with E-state index in [-0.39, 0.29) is 22.9 Å². The molecule has 0 saturated heterocycles. The van der Waals surface area contributed by atoms with Crippen molar-refractivity contribution in [1.82, 2.24) is 0 Å². The third-order valence-electron chi connectivity index (χ3n) is 3.04. The van der Waals surface area contributed by atoms with Crippen LogP contribution in [0.4, 0.5) is 8.78 Å². The molecule has 0 aliphatic carbocycles. The van der Waals surface area contributed by atoms with Crippen molar-refractivity contribution in [2.75, 3.05) is 0 Å². The zero-order valence-electron chi connectivity index (χ0n) is 11.9. The minimum Gasteiger partial charge on any atom is -0.491 e. The Kier molecular flexibility index (Phi) is 5.34. The van der Waals surface area contributed by atoms with Gasteiger partial charge in [-0.3, -0.25) is 0 Å². The minimum atomic E-state index is -0.519. The van der Waals surface area contributed by atoms with Gasteiger partial charge in [-0.1, -0.05) is 34.1 Å². The summed E-state index contributed by atoms with van der Waals surface area (Å²) in [4.78, 5) is -0.181. The summed E-state index contributed by atoms with van der Waals surface area (Å²) >= 11 is 3.50. The summed E-state index contributed by atoms with van der Waals surface area (Å²) in [6, 6.07) is 11.5. The van der Waals surface area contributed by atoms with Gasteiger partial charge in [0.1, 0.15) is 17.4 Å². The SMILES string of the molecule is CC(C)Oc1cccc(C(Br)Cc2c(F)cccc2F)c1. The van der Waals surface area contributed by atoms with Crippen LogP contribution >= 0.6 is 15.9 Å². The molecule has 0 fully saturated rings. The Morgan fingerprint density at radius 1 is 1.05 bits per heavy atom. The van der Waals surface area contributed by atoms with E-state index in [0.29, 0.717) is 0 Å². The molecule has 4 heteroatoms. The normalized spacial score (nSPS) is 12.5. The lowest BCUT2D eigenvalue weighted by Gasteiger charge is -2.15. The Labute approximate surface area is 132 Å². The molecule has 2 aromatic rings. The second-order valence-corrected chi connectivity index (χ2v) is 6.22. The molecule has 0 aromatic heterocycles. The van der Waals surface area contributed by atoms with Gasteiger partial charge in [-0.2, -0.15) is 0 Å². The summed E-state index contributed by atoms with van der Waals surface area (Å²) in [6.07, 6.45) is 0.321. The summed E-state index contributed by atoms with van der Waals surface area (Å²) in [5, 5.41) is 0. The highest BCUT2D eigenvalue weighted by molar-refractivity contribution is 9.09. The number of rotatable bonds is 5. The van der Waals surface area contributed by atoms with Crippen LogP contribution in [0.25, 0.3) is 0 Å². The second-order valence-electron chi connectivity index (χ2n) is 5.11. The number of halogens is 3. The Balaban J connectivity index is 2.18. The van der Waals surface area contributed by atoms with Crippen molar-refractivity contribution in [3.8, 4) is 5.75 Å². The number of benzene rings is 2. The van der Waals surface area contributed by atoms with E-state index in [1.807, 2.05) is 38.1 Å². The molecule has 0 aliphatic rings. The molecule has 0 spiro atoms. The second kappa shape index (κ2) is 7.03. The highest BCUT2D eigenvalue weighted by atomic mass is 79.9. The molecule has 1 atom stereocenters. The summed E-state index contributed by atoms with van der Waals surface area (Å²) in [6.45, 7) is 3.90. The molecule has 0 bridgehead atoms. The Morgan fingerprint density at radius 2 is 1.67 bits per heavy atom. The molecule has 2 aromatic carbocycles. The molecule has 1 unspecified atom stereocenters. The molecule has 0 amide bonds. The van der Waals surface area contributed by atoms with E-state index >= 15 is 0 Å². The number of hydrogen-bond acceptors (Lipinski definition) is 1. The van der Waals surface area contributed by atoms with E-state index < -0.39 is 11.6 Å². The van der Waals surface area contributed by atoms with E-state index in [0.717, 1.165) is 11.3 Å².